The van der Waals surface area contributed by atoms with Gasteiger partial charge in [-0.15, -0.1) is 0 Å². The molecule has 116 valence electrons. The number of likely N-dealkylation sites (N-methyl/N-ethyl adjacent to an activating group) is 2. The largest absolute Gasteiger partial charge is 0.370 e. The molecule has 0 aliphatic carbocycles. The number of carbonyl (C=O) groups is 1. The van der Waals surface area contributed by atoms with E-state index in [4.69, 9.17) is 0 Å². The SMILES string of the molecule is CCNc1cccc(C(=O)N(C)CC2CCCN2CC)n1. The molecular weight excluding hydrogens is 264 g/mol. The van der Waals surface area contributed by atoms with Crippen molar-refractivity contribution in [3.63, 3.8) is 0 Å². The summed E-state index contributed by atoms with van der Waals surface area (Å²) in [4.78, 5) is 21.1. The van der Waals surface area contributed by atoms with Gasteiger partial charge in [-0.2, -0.15) is 0 Å². The summed E-state index contributed by atoms with van der Waals surface area (Å²) in [6, 6.07) is 6.03. The monoisotopic (exact) mass is 290 g/mol. The van der Waals surface area contributed by atoms with Crippen LogP contribution in [0, 0.1) is 0 Å². The molecule has 1 unspecified atom stereocenters. The Bertz CT molecular complexity index is 477. The minimum absolute atomic E-state index is 0.00212. The number of hydrogen-bond acceptors (Lipinski definition) is 4. The Morgan fingerprint density at radius 3 is 3.00 bits per heavy atom. The summed E-state index contributed by atoms with van der Waals surface area (Å²) >= 11 is 0. The van der Waals surface area contributed by atoms with Crippen LogP contribution in [-0.2, 0) is 0 Å². The van der Waals surface area contributed by atoms with Crippen molar-refractivity contribution in [2.75, 3.05) is 38.5 Å². The lowest BCUT2D eigenvalue weighted by Crippen LogP contribution is -2.41. The average molecular weight is 290 g/mol. The fourth-order valence-corrected chi connectivity index (χ4v) is 2.95. The van der Waals surface area contributed by atoms with E-state index in [9.17, 15) is 4.79 Å². The third-order valence-corrected chi connectivity index (χ3v) is 4.06. The van der Waals surface area contributed by atoms with Gasteiger partial charge in [-0.25, -0.2) is 4.98 Å². The molecule has 1 amide bonds. The van der Waals surface area contributed by atoms with E-state index in [0.29, 0.717) is 11.7 Å². The van der Waals surface area contributed by atoms with Crippen LogP contribution in [-0.4, -0.2) is 60.0 Å². The molecular formula is C16H26N4O. The van der Waals surface area contributed by atoms with Crippen LogP contribution in [0.2, 0.25) is 0 Å². The highest BCUT2D eigenvalue weighted by molar-refractivity contribution is 5.92. The maximum Gasteiger partial charge on any atom is 0.272 e. The normalized spacial score (nSPS) is 18.7. The molecule has 0 spiro atoms. The summed E-state index contributed by atoms with van der Waals surface area (Å²) in [7, 11) is 1.87. The molecule has 5 nitrogen and oxygen atoms in total. The lowest BCUT2D eigenvalue weighted by Gasteiger charge is -2.27. The number of aromatic nitrogens is 1. The summed E-state index contributed by atoms with van der Waals surface area (Å²) < 4.78 is 0. The summed E-state index contributed by atoms with van der Waals surface area (Å²) in [5.41, 5.74) is 0.511. The van der Waals surface area contributed by atoms with Crippen LogP contribution in [0.4, 0.5) is 5.82 Å². The molecule has 1 fully saturated rings. The molecule has 1 aromatic heterocycles. The van der Waals surface area contributed by atoms with Crippen molar-refractivity contribution in [2.24, 2.45) is 0 Å². The van der Waals surface area contributed by atoms with Crippen LogP contribution in [0.25, 0.3) is 0 Å². The second-order valence-electron chi connectivity index (χ2n) is 5.55. The third kappa shape index (κ3) is 3.94. The highest BCUT2D eigenvalue weighted by atomic mass is 16.2. The van der Waals surface area contributed by atoms with Crippen molar-refractivity contribution >= 4 is 11.7 Å². The second kappa shape index (κ2) is 7.41. The van der Waals surface area contributed by atoms with E-state index < -0.39 is 0 Å². The number of nitrogens with zero attached hydrogens (tertiary/aromatic N) is 3. The van der Waals surface area contributed by atoms with Gasteiger partial charge >= 0.3 is 0 Å². The quantitative estimate of drug-likeness (QED) is 0.871. The Labute approximate surface area is 127 Å². The maximum atomic E-state index is 12.5. The number of hydrogen-bond donors (Lipinski definition) is 1. The maximum absolute atomic E-state index is 12.5. The minimum atomic E-state index is -0.00212. The lowest BCUT2D eigenvalue weighted by molar-refractivity contribution is 0.0749. The third-order valence-electron chi connectivity index (χ3n) is 4.06. The first-order valence-corrected chi connectivity index (χ1v) is 7.86. The fraction of sp³-hybridized carbons (Fsp3) is 0.625. The highest BCUT2D eigenvalue weighted by Gasteiger charge is 2.26. The van der Waals surface area contributed by atoms with Gasteiger partial charge in [-0.1, -0.05) is 13.0 Å². The van der Waals surface area contributed by atoms with E-state index in [1.165, 1.54) is 12.8 Å². The summed E-state index contributed by atoms with van der Waals surface area (Å²) in [5, 5.41) is 3.14. The van der Waals surface area contributed by atoms with Crippen molar-refractivity contribution in [1.29, 1.82) is 0 Å². The van der Waals surface area contributed by atoms with Crippen LogP contribution < -0.4 is 5.32 Å². The van der Waals surface area contributed by atoms with Crippen LogP contribution in [0.1, 0.15) is 37.2 Å². The molecule has 1 N–H and O–H groups in total. The van der Waals surface area contributed by atoms with Gasteiger partial charge in [0.1, 0.15) is 11.5 Å². The Balaban J connectivity index is 2.00. The Hall–Kier alpha value is -1.62. The molecule has 2 heterocycles. The van der Waals surface area contributed by atoms with E-state index in [0.717, 1.165) is 32.0 Å². The molecule has 1 atom stereocenters. The standard InChI is InChI=1S/C16H26N4O/c1-4-17-15-10-6-9-14(18-15)16(21)19(3)12-13-8-7-11-20(13)5-2/h6,9-10,13H,4-5,7-8,11-12H2,1-3H3,(H,17,18). The Kier molecular flexibility index (Phi) is 5.56. The van der Waals surface area contributed by atoms with Gasteiger partial charge in [-0.3, -0.25) is 9.69 Å². The van der Waals surface area contributed by atoms with E-state index in [1.54, 1.807) is 11.0 Å². The zero-order chi connectivity index (χ0) is 15.2. The van der Waals surface area contributed by atoms with Crippen LogP contribution in [0.3, 0.4) is 0 Å². The minimum Gasteiger partial charge on any atom is -0.370 e. The topological polar surface area (TPSA) is 48.5 Å². The summed E-state index contributed by atoms with van der Waals surface area (Å²) in [6.45, 7) is 7.98. The van der Waals surface area contributed by atoms with Crippen molar-refractivity contribution < 1.29 is 4.79 Å². The number of anilines is 1. The Morgan fingerprint density at radius 1 is 1.48 bits per heavy atom. The molecule has 0 saturated carbocycles. The molecule has 2 rings (SSSR count). The van der Waals surface area contributed by atoms with Gasteiger partial charge in [0.15, 0.2) is 0 Å². The van der Waals surface area contributed by atoms with Crippen molar-refractivity contribution in [3.05, 3.63) is 23.9 Å². The first-order valence-electron chi connectivity index (χ1n) is 7.86. The van der Waals surface area contributed by atoms with E-state index in [-0.39, 0.29) is 5.91 Å². The van der Waals surface area contributed by atoms with Crippen molar-refractivity contribution in [2.45, 2.75) is 32.7 Å². The van der Waals surface area contributed by atoms with E-state index >= 15 is 0 Å². The zero-order valence-electron chi connectivity index (χ0n) is 13.3. The van der Waals surface area contributed by atoms with Gasteiger partial charge in [0.05, 0.1) is 0 Å². The van der Waals surface area contributed by atoms with Crippen LogP contribution >= 0.6 is 0 Å². The van der Waals surface area contributed by atoms with E-state index in [2.05, 4.69) is 22.1 Å². The van der Waals surface area contributed by atoms with Gasteiger partial charge < -0.3 is 10.2 Å². The van der Waals surface area contributed by atoms with E-state index in [1.807, 2.05) is 26.1 Å². The first kappa shape index (κ1) is 15.8. The lowest BCUT2D eigenvalue weighted by atomic mass is 10.2. The molecule has 21 heavy (non-hydrogen) atoms. The van der Waals surface area contributed by atoms with Crippen LogP contribution in [0.15, 0.2) is 18.2 Å². The number of carbonyl (C=O) groups excluding carboxylic acids is 1. The Morgan fingerprint density at radius 2 is 2.29 bits per heavy atom. The number of nitrogens with one attached hydrogen (secondary N) is 1. The fourth-order valence-electron chi connectivity index (χ4n) is 2.95. The summed E-state index contributed by atoms with van der Waals surface area (Å²) in [6.07, 6.45) is 2.41. The molecule has 5 heteroatoms. The molecule has 0 aromatic carbocycles. The van der Waals surface area contributed by atoms with Crippen molar-refractivity contribution in [1.82, 2.24) is 14.8 Å². The van der Waals surface area contributed by atoms with Gasteiger partial charge in [-0.05, 0) is 45.0 Å². The predicted octanol–water partition coefficient (Wildman–Crippen LogP) is 2.07. The number of amides is 1. The number of likely N-dealkylation sites (tertiary alicyclic amines) is 1. The molecule has 1 aliphatic rings. The predicted molar refractivity (Wildman–Crippen MR) is 85.6 cm³/mol. The molecule has 0 bridgehead atoms. The zero-order valence-corrected chi connectivity index (χ0v) is 13.3. The molecule has 1 aromatic rings. The smallest absolute Gasteiger partial charge is 0.272 e. The van der Waals surface area contributed by atoms with Gasteiger partial charge in [0, 0.05) is 26.2 Å². The molecule has 0 radical (unpaired) electrons. The number of rotatable bonds is 6. The van der Waals surface area contributed by atoms with Crippen molar-refractivity contribution in [3.8, 4) is 0 Å². The first-order chi connectivity index (χ1) is 10.2. The second-order valence-corrected chi connectivity index (χ2v) is 5.55. The molecule has 1 saturated heterocycles. The van der Waals surface area contributed by atoms with Crippen LogP contribution in [0.5, 0.6) is 0 Å². The van der Waals surface area contributed by atoms with Gasteiger partial charge in [0.25, 0.3) is 5.91 Å². The molecule has 1 aliphatic heterocycles. The summed E-state index contributed by atoms with van der Waals surface area (Å²) in [5.74, 6) is 0.755. The highest BCUT2D eigenvalue weighted by Crippen LogP contribution is 2.18. The van der Waals surface area contributed by atoms with Gasteiger partial charge in [0.2, 0.25) is 0 Å². The number of pyridine rings is 1. The average Bonchev–Trinajstić information content (AvgIpc) is 2.94.